The molecule has 0 spiro atoms. The van der Waals surface area contributed by atoms with Gasteiger partial charge in [-0.25, -0.2) is 0 Å². The van der Waals surface area contributed by atoms with E-state index in [2.05, 4.69) is 43.0 Å². The summed E-state index contributed by atoms with van der Waals surface area (Å²) < 4.78 is 11.8. The van der Waals surface area contributed by atoms with Crippen molar-refractivity contribution in [3.63, 3.8) is 0 Å². The van der Waals surface area contributed by atoms with Crippen LogP contribution in [0.25, 0.3) is 11.4 Å². The molecule has 0 N–H and O–H groups in total. The Bertz CT molecular complexity index is 880. The second-order valence-electron chi connectivity index (χ2n) is 8.99. The van der Waals surface area contributed by atoms with Crippen LogP contribution >= 0.6 is 22.6 Å². The lowest BCUT2D eigenvalue weighted by atomic mass is 10.1. The number of esters is 2. The highest BCUT2D eigenvalue weighted by Gasteiger charge is 2.24. The molecular weight excluding hydrogens is 513 g/mol. The van der Waals surface area contributed by atoms with Crippen molar-refractivity contribution in [3.8, 4) is 11.4 Å². The van der Waals surface area contributed by atoms with E-state index in [0.29, 0.717) is 12.4 Å². The summed E-state index contributed by atoms with van der Waals surface area (Å²) in [6.07, 6.45) is 1.27. The molecule has 168 valence electrons. The van der Waals surface area contributed by atoms with Crippen molar-refractivity contribution in [1.29, 1.82) is 0 Å². The summed E-state index contributed by atoms with van der Waals surface area (Å²) >= 11 is 2.20. The van der Waals surface area contributed by atoms with Crippen LogP contribution in [0.15, 0.2) is 24.5 Å². The van der Waals surface area contributed by atoms with Crippen molar-refractivity contribution >= 4 is 34.5 Å². The zero-order chi connectivity index (χ0) is 23.2. The van der Waals surface area contributed by atoms with Gasteiger partial charge in [0, 0.05) is 15.7 Å². The maximum absolute atomic E-state index is 12.4. The highest BCUT2D eigenvalue weighted by Crippen LogP contribution is 2.22. The minimum atomic E-state index is -0.609. The first-order valence-electron chi connectivity index (χ1n) is 9.77. The van der Waals surface area contributed by atoms with Gasteiger partial charge in [0.25, 0.3) is 0 Å². The maximum atomic E-state index is 12.4. The Kier molecular flexibility index (Phi) is 8.41. The van der Waals surface area contributed by atoms with Gasteiger partial charge in [-0.05, 0) is 75.8 Å². The number of benzene rings is 1. The van der Waals surface area contributed by atoms with Gasteiger partial charge in [-0.1, -0.05) is 12.1 Å². The van der Waals surface area contributed by atoms with Crippen LogP contribution in [0.3, 0.4) is 0 Å². The average Bonchev–Trinajstić information content (AvgIpc) is 2.60. The Morgan fingerprint density at radius 3 is 1.90 bits per heavy atom. The second-order valence-corrected chi connectivity index (χ2v) is 10.2. The number of carbonyl (C=O) groups is 2. The summed E-state index contributed by atoms with van der Waals surface area (Å²) in [5, 5.41) is 15.4. The molecule has 2 aromatic rings. The lowest BCUT2D eigenvalue weighted by molar-refractivity contribution is -0.160. The van der Waals surface area contributed by atoms with Crippen molar-refractivity contribution in [2.24, 2.45) is 0 Å². The minimum Gasteiger partial charge on any atom is -0.459 e. The highest BCUT2D eigenvalue weighted by atomic mass is 127. The Balaban J connectivity index is 2.19. The molecule has 10 heteroatoms. The number of carbonyl (C=O) groups excluding carboxylic acids is 2. The topological polar surface area (TPSA) is 107 Å². The molecule has 1 heterocycles. The molecule has 0 fully saturated rings. The second kappa shape index (κ2) is 10.4. The normalized spacial score (nSPS) is 12.0. The molecular formula is C21H28IN5O4. The third-order valence-corrected chi connectivity index (χ3v) is 4.66. The third kappa shape index (κ3) is 9.21. The fraction of sp³-hybridized carbons (Fsp3) is 0.524. The van der Waals surface area contributed by atoms with E-state index in [-0.39, 0.29) is 13.1 Å². The molecule has 9 nitrogen and oxygen atoms in total. The Labute approximate surface area is 196 Å². The Hall–Kier alpha value is -2.21. The van der Waals surface area contributed by atoms with Crippen LogP contribution in [-0.4, -0.2) is 61.5 Å². The summed E-state index contributed by atoms with van der Waals surface area (Å²) in [5.74, 6) is -0.388. The lowest BCUT2D eigenvalue weighted by Gasteiger charge is -2.26. The number of halogens is 1. The van der Waals surface area contributed by atoms with Crippen LogP contribution in [0, 0.1) is 3.57 Å². The van der Waals surface area contributed by atoms with Crippen LogP contribution in [-0.2, 0) is 25.6 Å². The van der Waals surface area contributed by atoms with Gasteiger partial charge < -0.3 is 9.47 Å². The third-order valence-electron chi connectivity index (χ3n) is 3.66. The minimum absolute atomic E-state index is 0.0377. The molecule has 0 saturated heterocycles. The van der Waals surface area contributed by atoms with E-state index in [1.54, 1.807) is 46.4 Å². The molecule has 31 heavy (non-hydrogen) atoms. The fourth-order valence-corrected chi connectivity index (χ4v) is 3.34. The van der Waals surface area contributed by atoms with Crippen molar-refractivity contribution in [2.45, 2.75) is 59.3 Å². The van der Waals surface area contributed by atoms with Gasteiger partial charge in [0.1, 0.15) is 11.2 Å². The van der Waals surface area contributed by atoms with E-state index in [4.69, 9.17) is 9.47 Å². The number of aromatic nitrogens is 4. The standard InChI is InChI=1S/C21H28IN5O4/c1-20(2,3)30-17(28)11-27(12-18(29)31-21(4,5)6)10-15-8-7-14(9-16(15)22)19-25-23-13-24-26-19/h7-9,13H,10-12H2,1-6H3. The van der Waals surface area contributed by atoms with Gasteiger partial charge in [-0.15, -0.1) is 20.4 Å². The molecule has 0 radical (unpaired) electrons. The van der Waals surface area contributed by atoms with Crippen LogP contribution in [0.4, 0.5) is 0 Å². The molecule has 0 amide bonds. The van der Waals surface area contributed by atoms with Crippen LogP contribution in [0.1, 0.15) is 47.1 Å². The predicted octanol–water partition coefficient (Wildman–Crippen LogP) is 3.02. The van der Waals surface area contributed by atoms with E-state index in [1.807, 2.05) is 18.2 Å². The molecule has 0 unspecified atom stereocenters. The molecule has 2 rings (SSSR count). The molecule has 0 aliphatic carbocycles. The molecule has 1 aromatic carbocycles. The maximum Gasteiger partial charge on any atom is 0.320 e. The van der Waals surface area contributed by atoms with Crippen LogP contribution < -0.4 is 0 Å². The van der Waals surface area contributed by atoms with E-state index < -0.39 is 23.1 Å². The summed E-state index contributed by atoms with van der Waals surface area (Å²) in [5.41, 5.74) is 0.498. The fourth-order valence-electron chi connectivity index (χ4n) is 2.66. The smallest absolute Gasteiger partial charge is 0.320 e. The summed E-state index contributed by atoms with van der Waals surface area (Å²) in [7, 11) is 0. The van der Waals surface area contributed by atoms with E-state index in [0.717, 1.165) is 14.7 Å². The number of hydrogen-bond acceptors (Lipinski definition) is 9. The molecule has 0 bridgehead atoms. The largest absolute Gasteiger partial charge is 0.459 e. The van der Waals surface area contributed by atoms with E-state index >= 15 is 0 Å². The van der Waals surface area contributed by atoms with Gasteiger partial charge in [-0.2, -0.15) is 0 Å². The first-order chi connectivity index (χ1) is 14.3. The zero-order valence-electron chi connectivity index (χ0n) is 18.7. The van der Waals surface area contributed by atoms with Gasteiger partial charge in [0.15, 0.2) is 6.33 Å². The number of rotatable bonds is 7. The van der Waals surface area contributed by atoms with Gasteiger partial charge >= 0.3 is 11.9 Å². The van der Waals surface area contributed by atoms with Crippen molar-refractivity contribution in [2.75, 3.05) is 13.1 Å². The lowest BCUT2D eigenvalue weighted by Crippen LogP contribution is -2.39. The quantitative estimate of drug-likeness (QED) is 0.386. The summed E-state index contributed by atoms with van der Waals surface area (Å²) in [6.45, 7) is 11.1. The zero-order valence-corrected chi connectivity index (χ0v) is 20.8. The van der Waals surface area contributed by atoms with Gasteiger partial charge in [-0.3, -0.25) is 14.5 Å². The Morgan fingerprint density at radius 2 is 1.45 bits per heavy atom. The first-order valence-corrected chi connectivity index (χ1v) is 10.9. The SMILES string of the molecule is CC(C)(C)OC(=O)CN(CC(=O)OC(C)(C)C)Cc1ccc(-c2nncnn2)cc1I. The van der Waals surface area contributed by atoms with Crippen molar-refractivity contribution < 1.29 is 19.1 Å². The Morgan fingerprint density at radius 1 is 0.935 bits per heavy atom. The van der Waals surface area contributed by atoms with Gasteiger partial charge in [0.2, 0.25) is 5.82 Å². The first kappa shape index (κ1) is 25.1. The molecule has 0 saturated carbocycles. The summed E-state index contributed by atoms with van der Waals surface area (Å²) in [4.78, 5) is 26.5. The van der Waals surface area contributed by atoms with Crippen LogP contribution in [0.5, 0.6) is 0 Å². The monoisotopic (exact) mass is 541 g/mol. The molecule has 0 aliphatic heterocycles. The molecule has 1 aromatic heterocycles. The molecule has 0 aliphatic rings. The van der Waals surface area contributed by atoms with Crippen LogP contribution in [0.2, 0.25) is 0 Å². The molecule has 0 atom stereocenters. The van der Waals surface area contributed by atoms with E-state index in [9.17, 15) is 9.59 Å². The predicted molar refractivity (Wildman–Crippen MR) is 123 cm³/mol. The van der Waals surface area contributed by atoms with Gasteiger partial charge in [0.05, 0.1) is 13.1 Å². The van der Waals surface area contributed by atoms with Crippen molar-refractivity contribution in [3.05, 3.63) is 33.7 Å². The number of nitrogens with zero attached hydrogens (tertiary/aromatic N) is 5. The number of hydrogen-bond donors (Lipinski definition) is 0. The highest BCUT2D eigenvalue weighted by molar-refractivity contribution is 14.1. The summed E-state index contributed by atoms with van der Waals surface area (Å²) in [6, 6.07) is 5.67. The van der Waals surface area contributed by atoms with E-state index in [1.165, 1.54) is 6.33 Å². The average molecular weight is 541 g/mol. The van der Waals surface area contributed by atoms with Crippen molar-refractivity contribution in [1.82, 2.24) is 25.3 Å². The number of ether oxygens (including phenoxy) is 2.